The molecular weight excluding hydrogens is 263 g/mol. The normalized spacial score (nSPS) is 10.2. The van der Waals surface area contributed by atoms with E-state index in [1.54, 1.807) is 18.2 Å². The lowest BCUT2D eigenvalue weighted by Crippen LogP contribution is -1.99. The molecular formula is C15H13FO4. The lowest BCUT2D eigenvalue weighted by Gasteiger charge is -2.14. The van der Waals surface area contributed by atoms with Gasteiger partial charge in [-0.2, -0.15) is 0 Å². The van der Waals surface area contributed by atoms with Crippen molar-refractivity contribution in [1.29, 1.82) is 0 Å². The standard InChI is InChI=1S/C15H13FO4/c1-19-12-4-3-5-13(20-2)14(12)10-7-6-9(15(17)18)8-11(10)16/h3-8H,1-2H3,(H,17,18). The van der Waals surface area contributed by atoms with Crippen LogP contribution < -0.4 is 9.47 Å². The van der Waals surface area contributed by atoms with Gasteiger partial charge in [0.05, 0.1) is 25.3 Å². The number of ether oxygens (including phenoxy) is 2. The number of halogens is 1. The van der Waals surface area contributed by atoms with Crippen LogP contribution in [0.15, 0.2) is 36.4 Å². The first-order chi connectivity index (χ1) is 9.58. The van der Waals surface area contributed by atoms with Gasteiger partial charge < -0.3 is 14.6 Å². The maximum atomic E-state index is 14.2. The van der Waals surface area contributed by atoms with Crippen molar-refractivity contribution >= 4 is 5.97 Å². The second-order valence-electron chi connectivity index (χ2n) is 4.04. The summed E-state index contributed by atoms with van der Waals surface area (Å²) in [7, 11) is 2.95. The van der Waals surface area contributed by atoms with Crippen molar-refractivity contribution in [3.05, 3.63) is 47.8 Å². The molecule has 0 radical (unpaired) electrons. The fourth-order valence-corrected chi connectivity index (χ4v) is 1.97. The summed E-state index contributed by atoms with van der Waals surface area (Å²) in [4.78, 5) is 10.8. The number of hydrogen-bond donors (Lipinski definition) is 1. The molecule has 2 aromatic carbocycles. The number of carboxylic acid groups (broad SMARTS) is 1. The van der Waals surface area contributed by atoms with Crippen LogP contribution in [-0.2, 0) is 0 Å². The SMILES string of the molecule is COc1cccc(OC)c1-c1ccc(C(=O)O)cc1F. The number of aromatic carboxylic acids is 1. The molecule has 0 spiro atoms. The van der Waals surface area contributed by atoms with Gasteiger partial charge in [0, 0.05) is 5.56 Å². The molecule has 20 heavy (non-hydrogen) atoms. The van der Waals surface area contributed by atoms with E-state index < -0.39 is 11.8 Å². The lowest BCUT2D eigenvalue weighted by atomic mass is 10.0. The third-order valence-electron chi connectivity index (χ3n) is 2.91. The molecule has 0 saturated carbocycles. The molecule has 0 atom stereocenters. The quantitative estimate of drug-likeness (QED) is 0.931. The van der Waals surface area contributed by atoms with Gasteiger partial charge in [-0.1, -0.05) is 12.1 Å². The topological polar surface area (TPSA) is 55.8 Å². The zero-order chi connectivity index (χ0) is 14.7. The second-order valence-corrected chi connectivity index (χ2v) is 4.04. The predicted octanol–water partition coefficient (Wildman–Crippen LogP) is 3.21. The molecule has 2 aromatic rings. The van der Waals surface area contributed by atoms with Crippen molar-refractivity contribution < 1.29 is 23.8 Å². The summed E-state index contributed by atoms with van der Waals surface area (Å²) >= 11 is 0. The fourth-order valence-electron chi connectivity index (χ4n) is 1.97. The minimum Gasteiger partial charge on any atom is -0.496 e. The van der Waals surface area contributed by atoms with Crippen molar-refractivity contribution in [3.8, 4) is 22.6 Å². The van der Waals surface area contributed by atoms with Crippen LogP contribution in [0.1, 0.15) is 10.4 Å². The predicted molar refractivity (Wildman–Crippen MR) is 71.9 cm³/mol. The van der Waals surface area contributed by atoms with Crippen LogP contribution in [0.5, 0.6) is 11.5 Å². The molecule has 0 saturated heterocycles. The molecule has 4 nitrogen and oxygen atoms in total. The van der Waals surface area contributed by atoms with E-state index in [0.717, 1.165) is 6.07 Å². The van der Waals surface area contributed by atoms with Gasteiger partial charge >= 0.3 is 5.97 Å². The Morgan fingerprint density at radius 2 is 1.70 bits per heavy atom. The Morgan fingerprint density at radius 3 is 2.15 bits per heavy atom. The number of hydrogen-bond acceptors (Lipinski definition) is 3. The van der Waals surface area contributed by atoms with Gasteiger partial charge in [-0.05, 0) is 24.3 Å². The lowest BCUT2D eigenvalue weighted by molar-refractivity contribution is 0.0696. The minimum atomic E-state index is -1.18. The molecule has 5 heteroatoms. The minimum absolute atomic E-state index is 0.111. The molecule has 0 aliphatic rings. The maximum Gasteiger partial charge on any atom is 0.335 e. The summed E-state index contributed by atoms with van der Waals surface area (Å²) in [6.45, 7) is 0. The van der Waals surface area contributed by atoms with Crippen molar-refractivity contribution in [3.63, 3.8) is 0 Å². The Labute approximate surface area is 115 Å². The molecule has 0 fully saturated rings. The fraction of sp³-hybridized carbons (Fsp3) is 0.133. The highest BCUT2D eigenvalue weighted by Gasteiger charge is 2.17. The molecule has 104 valence electrons. The first kappa shape index (κ1) is 13.9. The monoisotopic (exact) mass is 276 g/mol. The van der Waals surface area contributed by atoms with E-state index in [1.807, 2.05) is 0 Å². The maximum absolute atomic E-state index is 14.2. The number of carboxylic acids is 1. The molecule has 0 heterocycles. The molecule has 0 amide bonds. The third-order valence-corrected chi connectivity index (χ3v) is 2.91. The van der Waals surface area contributed by atoms with E-state index in [-0.39, 0.29) is 11.1 Å². The Morgan fingerprint density at radius 1 is 1.10 bits per heavy atom. The average molecular weight is 276 g/mol. The van der Waals surface area contributed by atoms with Crippen LogP contribution in [-0.4, -0.2) is 25.3 Å². The van der Waals surface area contributed by atoms with Crippen LogP contribution in [0.4, 0.5) is 4.39 Å². The zero-order valence-corrected chi connectivity index (χ0v) is 11.0. The van der Waals surface area contributed by atoms with E-state index in [4.69, 9.17) is 14.6 Å². The summed E-state index contributed by atoms with van der Waals surface area (Å²) in [5.41, 5.74) is 0.566. The molecule has 0 aliphatic heterocycles. The summed E-state index contributed by atoms with van der Waals surface area (Å²) in [5.74, 6) is -0.923. The summed E-state index contributed by atoms with van der Waals surface area (Å²) in [6.07, 6.45) is 0. The van der Waals surface area contributed by atoms with Crippen molar-refractivity contribution in [2.45, 2.75) is 0 Å². The Kier molecular flexibility index (Phi) is 3.89. The van der Waals surface area contributed by atoms with Crippen LogP contribution in [0, 0.1) is 5.82 Å². The van der Waals surface area contributed by atoms with Gasteiger partial charge in [-0.3, -0.25) is 0 Å². The van der Waals surface area contributed by atoms with Crippen LogP contribution >= 0.6 is 0 Å². The summed E-state index contributed by atoms with van der Waals surface area (Å²) in [6, 6.07) is 8.81. The molecule has 0 aromatic heterocycles. The molecule has 0 aliphatic carbocycles. The average Bonchev–Trinajstić information content (AvgIpc) is 2.46. The largest absolute Gasteiger partial charge is 0.496 e. The molecule has 0 unspecified atom stereocenters. The molecule has 0 bridgehead atoms. The van der Waals surface area contributed by atoms with E-state index in [9.17, 15) is 9.18 Å². The number of rotatable bonds is 4. The van der Waals surface area contributed by atoms with E-state index in [0.29, 0.717) is 17.1 Å². The van der Waals surface area contributed by atoms with E-state index in [2.05, 4.69) is 0 Å². The Bertz CT molecular complexity index is 630. The van der Waals surface area contributed by atoms with Gasteiger partial charge in [0.2, 0.25) is 0 Å². The molecule has 2 rings (SSSR count). The number of benzene rings is 2. The highest BCUT2D eigenvalue weighted by Crippen LogP contribution is 2.39. The van der Waals surface area contributed by atoms with Crippen molar-refractivity contribution in [2.75, 3.05) is 14.2 Å². The van der Waals surface area contributed by atoms with Gasteiger partial charge in [0.25, 0.3) is 0 Å². The van der Waals surface area contributed by atoms with Gasteiger partial charge in [-0.25, -0.2) is 9.18 Å². The number of carbonyl (C=O) groups is 1. The van der Waals surface area contributed by atoms with E-state index >= 15 is 0 Å². The zero-order valence-electron chi connectivity index (χ0n) is 11.0. The van der Waals surface area contributed by atoms with Gasteiger partial charge in [-0.15, -0.1) is 0 Å². The number of methoxy groups -OCH3 is 2. The van der Waals surface area contributed by atoms with Crippen molar-refractivity contribution in [2.24, 2.45) is 0 Å². The third kappa shape index (κ3) is 2.42. The molecule has 1 N–H and O–H groups in total. The van der Waals surface area contributed by atoms with Crippen molar-refractivity contribution in [1.82, 2.24) is 0 Å². The Hall–Kier alpha value is -2.56. The van der Waals surface area contributed by atoms with Crippen LogP contribution in [0.2, 0.25) is 0 Å². The van der Waals surface area contributed by atoms with E-state index in [1.165, 1.54) is 26.4 Å². The second kappa shape index (κ2) is 5.61. The summed E-state index contributed by atoms with van der Waals surface area (Å²) in [5, 5.41) is 8.86. The van der Waals surface area contributed by atoms with Crippen LogP contribution in [0.3, 0.4) is 0 Å². The Balaban J connectivity index is 2.65. The first-order valence-corrected chi connectivity index (χ1v) is 5.82. The van der Waals surface area contributed by atoms with Gasteiger partial charge in [0.1, 0.15) is 17.3 Å². The smallest absolute Gasteiger partial charge is 0.335 e. The first-order valence-electron chi connectivity index (χ1n) is 5.82. The van der Waals surface area contributed by atoms with Crippen LogP contribution in [0.25, 0.3) is 11.1 Å². The van der Waals surface area contributed by atoms with Gasteiger partial charge in [0.15, 0.2) is 0 Å². The highest BCUT2D eigenvalue weighted by molar-refractivity contribution is 5.89. The highest BCUT2D eigenvalue weighted by atomic mass is 19.1. The summed E-state index contributed by atoms with van der Waals surface area (Å²) < 4.78 is 24.6.